The molecule has 1 aromatic rings. The van der Waals surface area contributed by atoms with Crippen molar-refractivity contribution in [2.75, 3.05) is 40.0 Å². The number of rotatable bonds is 8. The maximum absolute atomic E-state index is 12.0. The molecule has 1 aliphatic heterocycles. The second-order valence-electron chi connectivity index (χ2n) is 6.26. The number of hydrogen-bond acceptors (Lipinski definition) is 5. The van der Waals surface area contributed by atoms with Crippen molar-refractivity contribution in [1.82, 2.24) is 10.2 Å². The number of carbonyl (C=O) groups is 1. The van der Waals surface area contributed by atoms with E-state index in [1.165, 1.54) is 5.56 Å². The quantitative estimate of drug-likeness (QED) is 0.690. The van der Waals surface area contributed by atoms with Gasteiger partial charge in [-0.25, -0.2) is 0 Å². The largest absolute Gasteiger partial charge is 0.497 e. The van der Waals surface area contributed by atoms with E-state index in [0.29, 0.717) is 19.4 Å². The lowest BCUT2D eigenvalue weighted by molar-refractivity contribution is -0.121. The number of nitrogens with zero attached hydrogens (tertiary/aromatic N) is 1. The molecule has 1 amide bonds. The summed E-state index contributed by atoms with van der Waals surface area (Å²) in [5.41, 5.74) is 6.89. The molecule has 0 saturated carbocycles. The summed E-state index contributed by atoms with van der Waals surface area (Å²) >= 11 is 0. The van der Waals surface area contributed by atoms with Gasteiger partial charge in [0.25, 0.3) is 0 Å². The molecule has 1 aliphatic rings. The summed E-state index contributed by atoms with van der Waals surface area (Å²) in [4.78, 5) is 14.4. The number of amides is 1. The van der Waals surface area contributed by atoms with Crippen molar-refractivity contribution >= 4 is 30.7 Å². The molecular weight excluding hydrogens is 377 g/mol. The van der Waals surface area contributed by atoms with E-state index in [-0.39, 0.29) is 42.8 Å². The first-order valence-electron chi connectivity index (χ1n) is 8.58. The highest BCUT2D eigenvalue weighted by molar-refractivity contribution is 5.85. The molecule has 2 unspecified atom stereocenters. The number of nitrogens with one attached hydrogen (secondary N) is 1. The van der Waals surface area contributed by atoms with Crippen LogP contribution in [0.4, 0.5) is 0 Å². The summed E-state index contributed by atoms with van der Waals surface area (Å²) in [6.45, 7) is 5.70. The van der Waals surface area contributed by atoms with Gasteiger partial charge in [0.05, 0.1) is 26.4 Å². The van der Waals surface area contributed by atoms with Gasteiger partial charge in [-0.15, -0.1) is 24.8 Å². The number of methoxy groups -OCH3 is 1. The molecule has 0 radical (unpaired) electrons. The predicted molar refractivity (Wildman–Crippen MR) is 109 cm³/mol. The van der Waals surface area contributed by atoms with Gasteiger partial charge in [0.1, 0.15) is 5.75 Å². The minimum Gasteiger partial charge on any atom is -0.497 e. The van der Waals surface area contributed by atoms with Crippen molar-refractivity contribution in [1.29, 1.82) is 0 Å². The van der Waals surface area contributed by atoms with Crippen LogP contribution >= 0.6 is 24.8 Å². The van der Waals surface area contributed by atoms with Gasteiger partial charge in [-0.2, -0.15) is 0 Å². The number of hydrogen-bond donors (Lipinski definition) is 2. The van der Waals surface area contributed by atoms with Crippen LogP contribution in [-0.4, -0.2) is 56.8 Å². The van der Waals surface area contributed by atoms with Gasteiger partial charge >= 0.3 is 0 Å². The van der Waals surface area contributed by atoms with Crippen LogP contribution in [0.1, 0.15) is 31.4 Å². The van der Waals surface area contributed by atoms with E-state index in [4.69, 9.17) is 15.2 Å². The summed E-state index contributed by atoms with van der Waals surface area (Å²) in [5, 5.41) is 3.05. The summed E-state index contributed by atoms with van der Waals surface area (Å²) in [7, 11) is 1.66. The highest BCUT2D eigenvalue weighted by Gasteiger charge is 2.23. The molecule has 2 rings (SSSR count). The molecular formula is C18H31Cl2N3O3. The van der Waals surface area contributed by atoms with E-state index in [1.54, 1.807) is 7.11 Å². The van der Waals surface area contributed by atoms with Crippen molar-refractivity contribution in [3.63, 3.8) is 0 Å². The minimum atomic E-state index is 0. The maximum Gasteiger partial charge on any atom is 0.220 e. The molecule has 1 fully saturated rings. The van der Waals surface area contributed by atoms with Crippen molar-refractivity contribution in [2.24, 2.45) is 5.73 Å². The number of morpholine rings is 1. The van der Waals surface area contributed by atoms with E-state index >= 15 is 0 Å². The second-order valence-corrected chi connectivity index (χ2v) is 6.26. The Morgan fingerprint density at radius 2 is 1.88 bits per heavy atom. The molecule has 6 nitrogen and oxygen atoms in total. The van der Waals surface area contributed by atoms with Gasteiger partial charge in [0, 0.05) is 32.1 Å². The summed E-state index contributed by atoms with van der Waals surface area (Å²) < 4.78 is 10.7. The zero-order valence-corrected chi connectivity index (χ0v) is 17.1. The first-order chi connectivity index (χ1) is 11.6. The molecule has 1 saturated heterocycles. The highest BCUT2D eigenvalue weighted by Crippen LogP contribution is 2.23. The van der Waals surface area contributed by atoms with Crippen LogP contribution in [0.25, 0.3) is 0 Å². The van der Waals surface area contributed by atoms with Gasteiger partial charge < -0.3 is 20.5 Å². The smallest absolute Gasteiger partial charge is 0.220 e. The zero-order valence-electron chi connectivity index (χ0n) is 15.5. The standard InChI is InChI=1S/C18H29N3O3.2ClH/c1-14(19)3-8-18(22)20-13-17(21-9-11-24-12-10-21)15-4-6-16(23-2)7-5-15;;/h4-7,14,17H,3,8-13,19H2,1-2H3,(H,20,22);2*1H. The molecule has 3 N–H and O–H groups in total. The van der Waals surface area contributed by atoms with E-state index in [0.717, 1.165) is 32.1 Å². The van der Waals surface area contributed by atoms with Gasteiger partial charge in [0.2, 0.25) is 5.91 Å². The van der Waals surface area contributed by atoms with Gasteiger partial charge in [-0.3, -0.25) is 9.69 Å². The zero-order chi connectivity index (χ0) is 17.4. The molecule has 1 heterocycles. The predicted octanol–water partition coefficient (Wildman–Crippen LogP) is 2.16. The Balaban J connectivity index is 0.00000312. The Labute approximate surface area is 168 Å². The SMILES string of the molecule is COc1ccc(C(CNC(=O)CCC(C)N)N2CCOCC2)cc1.Cl.Cl. The van der Waals surface area contributed by atoms with Crippen molar-refractivity contribution in [3.05, 3.63) is 29.8 Å². The van der Waals surface area contributed by atoms with E-state index in [9.17, 15) is 4.79 Å². The Morgan fingerprint density at radius 3 is 2.42 bits per heavy atom. The van der Waals surface area contributed by atoms with Crippen molar-refractivity contribution < 1.29 is 14.3 Å². The topological polar surface area (TPSA) is 76.8 Å². The molecule has 26 heavy (non-hydrogen) atoms. The molecule has 150 valence electrons. The lowest BCUT2D eigenvalue weighted by Crippen LogP contribution is -2.43. The number of halogens is 2. The highest BCUT2D eigenvalue weighted by atomic mass is 35.5. The third-order valence-electron chi connectivity index (χ3n) is 4.31. The summed E-state index contributed by atoms with van der Waals surface area (Å²) in [6.07, 6.45) is 1.17. The van der Waals surface area contributed by atoms with Crippen LogP contribution in [0.5, 0.6) is 5.75 Å². The molecule has 8 heteroatoms. The number of nitrogens with two attached hydrogens (primary N) is 1. The number of benzene rings is 1. The molecule has 0 spiro atoms. The van der Waals surface area contributed by atoms with Gasteiger partial charge in [-0.1, -0.05) is 12.1 Å². The molecule has 1 aromatic carbocycles. The number of carbonyl (C=O) groups excluding carboxylic acids is 1. The molecule has 0 bridgehead atoms. The maximum atomic E-state index is 12.0. The first kappa shape index (κ1) is 24.9. The summed E-state index contributed by atoms with van der Waals surface area (Å²) in [6, 6.07) is 8.23. The Kier molecular flexibility index (Phi) is 12.6. The number of ether oxygens (including phenoxy) is 2. The minimum absolute atomic E-state index is 0. The van der Waals surface area contributed by atoms with Crippen LogP contribution in [0.15, 0.2) is 24.3 Å². The Morgan fingerprint density at radius 1 is 1.27 bits per heavy atom. The molecule has 0 aromatic heterocycles. The molecule has 2 atom stereocenters. The first-order valence-corrected chi connectivity index (χ1v) is 8.58. The normalized spacial score (nSPS) is 16.6. The third kappa shape index (κ3) is 8.10. The fourth-order valence-electron chi connectivity index (χ4n) is 2.83. The Bertz CT molecular complexity index is 509. The van der Waals surface area contributed by atoms with Crippen molar-refractivity contribution in [3.8, 4) is 5.75 Å². The average Bonchev–Trinajstić information content (AvgIpc) is 2.61. The van der Waals surface area contributed by atoms with Gasteiger partial charge in [-0.05, 0) is 31.0 Å². The fraction of sp³-hybridized carbons (Fsp3) is 0.611. The average molecular weight is 408 g/mol. The van der Waals surface area contributed by atoms with Crippen LogP contribution in [0.3, 0.4) is 0 Å². The monoisotopic (exact) mass is 407 g/mol. The van der Waals surface area contributed by atoms with Crippen LogP contribution < -0.4 is 15.8 Å². The molecule has 0 aliphatic carbocycles. The lowest BCUT2D eigenvalue weighted by Gasteiger charge is -2.35. The van der Waals surface area contributed by atoms with E-state index in [2.05, 4.69) is 22.3 Å². The van der Waals surface area contributed by atoms with E-state index < -0.39 is 0 Å². The van der Waals surface area contributed by atoms with Crippen molar-refractivity contribution in [2.45, 2.75) is 31.8 Å². The Hall–Kier alpha value is -1.05. The summed E-state index contributed by atoms with van der Waals surface area (Å²) in [5.74, 6) is 0.888. The van der Waals surface area contributed by atoms with Crippen LogP contribution in [0.2, 0.25) is 0 Å². The van der Waals surface area contributed by atoms with E-state index in [1.807, 2.05) is 19.1 Å². The van der Waals surface area contributed by atoms with Crippen LogP contribution in [0, 0.1) is 0 Å². The third-order valence-corrected chi connectivity index (χ3v) is 4.31. The fourth-order valence-corrected chi connectivity index (χ4v) is 2.83. The second kappa shape index (κ2) is 13.2. The van der Waals surface area contributed by atoms with Crippen LogP contribution in [-0.2, 0) is 9.53 Å². The van der Waals surface area contributed by atoms with Gasteiger partial charge in [0.15, 0.2) is 0 Å². The lowest BCUT2D eigenvalue weighted by atomic mass is 10.0.